The molecule has 11 nitrogen and oxygen atoms in total. The third-order valence-corrected chi connectivity index (χ3v) is 6.79. The zero-order valence-electron chi connectivity index (χ0n) is 23.5. The second kappa shape index (κ2) is 13.2. The normalized spacial score (nSPS) is 11.0. The van der Waals surface area contributed by atoms with Crippen LogP contribution < -0.4 is 31.0 Å². The topological polar surface area (TPSA) is 166 Å². The van der Waals surface area contributed by atoms with Crippen molar-refractivity contribution >= 4 is 56.5 Å². The Hall–Kier alpha value is -4.79. The minimum Gasteiger partial charge on any atom is -0.495 e. The Labute approximate surface area is 247 Å². The summed E-state index contributed by atoms with van der Waals surface area (Å²) < 4.78 is 17.3. The van der Waals surface area contributed by atoms with Gasteiger partial charge < -0.3 is 31.0 Å². The number of nitrogens with one attached hydrogen (secondary N) is 1. The lowest BCUT2D eigenvalue weighted by Gasteiger charge is -2.20. The van der Waals surface area contributed by atoms with Crippen molar-refractivity contribution in [1.82, 2.24) is 9.88 Å². The number of halogens is 1. The molecule has 4 rings (SSSR count). The molecule has 1 heterocycles. The molecule has 2 amide bonds. The van der Waals surface area contributed by atoms with E-state index in [1.165, 1.54) is 11.1 Å². The number of nitriles is 1. The van der Waals surface area contributed by atoms with Gasteiger partial charge in [0.2, 0.25) is 11.8 Å². The lowest BCUT2D eigenvalue weighted by atomic mass is 10.0. The summed E-state index contributed by atoms with van der Waals surface area (Å²) in [6, 6.07) is 13.4. The SMILES string of the molecule is CCOc1cc2cc3c(Nc4cc(OC)c(Cl)cc4C)c(C#N)cnc3cc2cc1OCCN(CC(N)=O)CC(N)=O. The number of anilines is 2. The van der Waals surface area contributed by atoms with Crippen LogP contribution in [0, 0.1) is 18.3 Å². The van der Waals surface area contributed by atoms with Crippen LogP contribution in [0.25, 0.3) is 21.7 Å². The summed E-state index contributed by atoms with van der Waals surface area (Å²) >= 11 is 6.29. The Kier molecular flexibility index (Phi) is 9.52. The molecule has 0 atom stereocenters. The number of hydrogen-bond donors (Lipinski definition) is 3. The van der Waals surface area contributed by atoms with Crippen molar-refractivity contribution in [2.24, 2.45) is 11.5 Å². The number of benzene rings is 3. The molecular formula is C30H31ClN6O5. The van der Waals surface area contributed by atoms with E-state index in [4.69, 9.17) is 37.3 Å². The average molecular weight is 591 g/mol. The number of carbonyl (C=O) groups excluding carboxylic acids is 2. The molecular weight excluding hydrogens is 560 g/mol. The Morgan fingerprint density at radius 1 is 1.02 bits per heavy atom. The highest BCUT2D eigenvalue weighted by Crippen LogP contribution is 2.39. The number of nitrogens with two attached hydrogens (primary N) is 2. The van der Waals surface area contributed by atoms with E-state index in [2.05, 4.69) is 16.4 Å². The number of fused-ring (bicyclic) bond motifs is 2. The van der Waals surface area contributed by atoms with Crippen molar-refractivity contribution in [2.45, 2.75) is 13.8 Å². The summed E-state index contributed by atoms with van der Waals surface area (Å²) in [5, 5.41) is 16.2. The molecule has 0 saturated heterocycles. The van der Waals surface area contributed by atoms with E-state index in [0.29, 0.717) is 45.6 Å². The fourth-order valence-electron chi connectivity index (χ4n) is 4.57. The molecule has 3 aromatic carbocycles. The standard InChI is InChI=1S/C30H31ClN6O5/c1-4-41-26-10-18-8-21-24(9-19(18)11-27(26)42-6-5-37(15-28(33)38)16-29(34)39)35-14-20(13-32)30(21)36-23-12-25(40-3)22(31)7-17(23)2/h7-12,14H,4-6,15-16H2,1-3H3,(H2,33,38)(H2,34,39)(H,35,36). The number of methoxy groups -OCH3 is 1. The predicted molar refractivity (Wildman–Crippen MR) is 161 cm³/mol. The van der Waals surface area contributed by atoms with Gasteiger partial charge in [-0.1, -0.05) is 11.6 Å². The van der Waals surface area contributed by atoms with Crippen LogP contribution in [-0.2, 0) is 9.59 Å². The number of nitrogens with zero attached hydrogens (tertiary/aromatic N) is 3. The molecule has 5 N–H and O–H groups in total. The first-order chi connectivity index (χ1) is 20.1. The van der Waals surface area contributed by atoms with E-state index in [1.807, 2.05) is 38.1 Å². The number of hydrogen-bond acceptors (Lipinski definition) is 9. The summed E-state index contributed by atoms with van der Waals surface area (Å²) in [6.07, 6.45) is 1.52. The van der Waals surface area contributed by atoms with Crippen molar-refractivity contribution < 1.29 is 23.8 Å². The minimum absolute atomic E-state index is 0.122. The van der Waals surface area contributed by atoms with Crippen molar-refractivity contribution in [3.63, 3.8) is 0 Å². The molecule has 0 unspecified atom stereocenters. The van der Waals surface area contributed by atoms with E-state index < -0.39 is 11.8 Å². The highest BCUT2D eigenvalue weighted by molar-refractivity contribution is 6.32. The summed E-state index contributed by atoms with van der Waals surface area (Å²) in [4.78, 5) is 28.8. The minimum atomic E-state index is -0.574. The summed E-state index contributed by atoms with van der Waals surface area (Å²) in [5.74, 6) is 0.356. The summed E-state index contributed by atoms with van der Waals surface area (Å²) in [7, 11) is 1.54. The number of ether oxygens (including phenoxy) is 3. The molecule has 0 fully saturated rings. The van der Waals surface area contributed by atoms with Crippen LogP contribution in [0.4, 0.5) is 11.4 Å². The number of rotatable bonds is 13. The Balaban J connectivity index is 1.72. The maximum absolute atomic E-state index is 11.4. The number of carbonyl (C=O) groups is 2. The van der Waals surface area contributed by atoms with E-state index >= 15 is 0 Å². The van der Waals surface area contributed by atoms with E-state index in [0.717, 1.165) is 27.4 Å². The van der Waals surface area contributed by atoms with E-state index in [-0.39, 0.29) is 26.2 Å². The maximum atomic E-state index is 11.4. The third kappa shape index (κ3) is 6.91. The molecule has 0 aliphatic rings. The van der Waals surface area contributed by atoms with Crippen LogP contribution in [0.3, 0.4) is 0 Å². The first-order valence-electron chi connectivity index (χ1n) is 13.1. The van der Waals surface area contributed by atoms with Gasteiger partial charge in [0.1, 0.15) is 18.4 Å². The molecule has 12 heteroatoms. The largest absolute Gasteiger partial charge is 0.495 e. The number of aryl methyl sites for hydroxylation is 1. The lowest BCUT2D eigenvalue weighted by Crippen LogP contribution is -2.41. The monoisotopic (exact) mass is 590 g/mol. The van der Waals surface area contributed by atoms with Gasteiger partial charge in [-0.2, -0.15) is 5.26 Å². The molecule has 1 aromatic heterocycles. The Morgan fingerprint density at radius 3 is 2.31 bits per heavy atom. The van der Waals surface area contributed by atoms with Gasteiger partial charge in [-0.25, -0.2) is 0 Å². The van der Waals surface area contributed by atoms with Gasteiger partial charge in [0.25, 0.3) is 0 Å². The molecule has 0 aliphatic heterocycles. The molecule has 0 bridgehead atoms. The molecule has 42 heavy (non-hydrogen) atoms. The fourth-order valence-corrected chi connectivity index (χ4v) is 4.86. The summed E-state index contributed by atoms with van der Waals surface area (Å²) in [6.45, 7) is 4.33. The van der Waals surface area contributed by atoms with Crippen LogP contribution >= 0.6 is 11.6 Å². The van der Waals surface area contributed by atoms with Crippen LogP contribution in [0.1, 0.15) is 18.1 Å². The molecule has 218 valence electrons. The van der Waals surface area contributed by atoms with Crippen LogP contribution in [0.15, 0.2) is 42.6 Å². The van der Waals surface area contributed by atoms with Crippen molar-refractivity contribution in [3.05, 3.63) is 58.7 Å². The highest BCUT2D eigenvalue weighted by atomic mass is 35.5. The van der Waals surface area contributed by atoms with Gasteiger partial charge in [-0.3, -0.25) is 19.5 Å². The number of pyridine rings is 1. The zero-order valence-corrected chi connectivity index (χ0v) is 24.2. The first-order valence-corrected chi connectivity index (χ1v) is 13.5. The molecule has 0 radical (unpaired) electrons. The Morgan fingerprint density at radius 2 is 1.69 bits per heavy atom. The van der Waals surface area contributed by atoms with Crippen molar-refractivity contribution in [3.8, 4) is 23.3 Å². The molecule has 0 spiro atoms. The average Bonchev–Trinajstić information content (AvgIpc) is 2.93. The van der Waals surface area contributed by atoms with Gasteiger partial charge in [-0.15, -0.1) is 0 Å². The zero-order chi connectivity index (χ0) is 30.4. The van der Waals surface area contributed by atoms with Crippen LogP contribution in [0.5, 0.6) is 17.2 Å². The Bertz CT molecular complexity index is 1690. The smallest absolute Gasteiger partial charge is 0.231 e. The van der Waals surface area contributed by atoms with Gasteiger partial charge in [-0.05, 0) is 60.5 Å². The van der Waals surface area contributed by atoms with Gasteiger partial charge in [0.05, 0.1) is 48.6 Å². The quantitative estimate of drug-likeness (QED) is 0.195. The highest BCUT2D eigenvalue weighted by Gasteiger charge is 2.16. The third-order valence-electron chi connectivity index (χ3n) is 6.49. The second-order valence-corrected chi connectivity index (χ2v) is 9.93. The fraction of sp³-hybridized carbons (Fsp3) is 0.267. The van der Waals surface area contributed by atoms with Gasteiger partial charge in [0, 0.05) is 29.9 Å². The maximum Gasteiger partial charge on any atom is 0.231 e. The first kappa shape index (κ1) is 30.2. The van der Waals surface area contributed by atoms with E-state index in [1.54, 1.807) is 19.2 Å². The predicted octanol–water partition coefficient (Wildman–Crippen LogP) is 4.02. The number of primary amides is 2. The van der Waals surface area contributed by atoms with Crippen LogP contribution in [-0.4, -0.2) is 61.7 Å². The summed E-state index contributed by atoms with van der Waals surface area (Å²) in [5.41, 5.74) is 13.8. The van der Waals surface area contributed by atoms with Crippen LogP contribution in [0.2, 0.25) is 5.02 Å². The molecule has 4 aromatic rings. The van der Waals surface area contributed by atoms with E-state index in [9.17, 15) is 14.9 Å². The van der Waals surface area contributed by atoms with Gasteiger partial charge in [0.15, 0.2) is 11.5 Å². The number of aromatic nitrogens is 1. The second-order valence-electron chi connectivity index (χ2n) is 9.53. The number of amides is 2. The molecule has 0 aliphatic carbocycles. The van der Waals surface area contributed by atoms with Crippen molar-refractivity contribution in [2.75, 3.05) is 45.3 Å². The lowest BCUT2D eigenvalue weighted by molar-refractivity contribution is -0.122. The molecule has 0 saturated carbocycles. The van der Waals surface area contributed by atoms with Crippen molar-refractivity contribution in [1.29, 1.82) is 5.26 Å². The van der Waals surface area contributed by atoms with Gasteiger partial charge >= 0.3 is 0 Å².